The fraction of sp³-hybridized carbons (Fsp3) is 0.579. The van der Waals surface area contributed by atoms with Crippen LogP contribution in [-0.2, 0) is 0 Å². The highest BCUT2D eigenvalue weighted by Gasteiger charge is 2.43. The zero-order valence-electron chi connectivity index (χ0n) is 14.2. The number of fused-ring (bicyclic) bond motifs is 1. The molecule has 4 rings (SSSR count). The maximum atomic E-state index is 12.4. The molecule has 1 saturated carbocycles. The van der Waals surface area contributed by atoms with Crippen molar-refractivity contribution in [3.63, 3.8) is 0 Å². The van der Waals surface area contributed by atoms with Gasteiger partial charge in [0.15, 0.2) is 0 Å². The molecule has 1 aromatic heterocycles. The van der Waals surface area contributed by atoms with Gasteiger partial charge in [-0.25, -0.2) is 4.98 Å². The number of hydrogen-bond donors (Lipinski definition) is 2. The van der Waals surface area contributed by atoms with Crippen LogP contribution in [0, 0.1) is 5.92 Å². The molecule has 0 amide bonds. The lowest BCUT2D eigenvalue weighted by molar-refractivity contribution is -0.0411. The Morgan fingerprint density at radius 3 is 2.92 bits per heavy atom. The minimum Gasteiger partial charge on any atom is -0.390 e. The van der Waals surface area contributed by atoms with E-state index in [9.17, 15) is 9.90 Å². The number of H-pyrrole nitrogens is 1. The summed E-state index contributed by atoms with van der Waals surface area (Å²) >= 11 is 0. The standard InChI is InChI=1S/C19H25N3O2/c1-19(24)11-5-4-8-14(19)16-10-6-12-22(16)18-20-15-9-3-2-7-13(15)17(23)21-18/h2-3,7,9,14,16,24H,4-6,8,10-12H2,1H3,(H,20,21,23)/t14-,16+,19-/m0/s1. The Balaban J connectivity index is 1.71. The number of hydrogen-bond acceptors (Lipinski definition) is 4. The van der Waals surface area contributed by atoms with Gasteiger partial charge in [-0.05, 0) is 44.7 Å². The zero-order chi connectivity index (χ0) is 16.7. The maximum Gasteiger partial charge on any atom is 0.260 e. The van der Waals surface area contributed by atoms with Gasteiger partial charge in [-0.3, -0.25) is 9.78 Å². The first-order valence-corrected chi connectivity index (χ1v) is 9.04. The smallest absolute Gasteiger partial charge is 0.260 e. The highest BCUT2D eigenvalue weighted by atomic mass is 16.3. The van der Waals surface area contributed by atoms with Crippen LogP contribution in [-0.4, -0.2) is 33.3 Å². The Bertz CT molecular complexity index is 799. The summed E-state index contributed by atoms with van der Waals surface area (Å²) in [5.74, 6) is 0.896. The van der Waals surface area contributed by atoms with E-state index in [1.807, 2.05) is 25.1 Å². The van der Waals surface area contributed by atoms with Crippen molar-refractivity contribution in [2.45, 2.75) is 57.1 Å². The van der Waals surface area contributed by atoms with Crippen LogP contribution in [0.25, 0.3) is 10.9 Å². The number of benzene rings is 1. The molecule has 5 heteroatoms. The lowest BCUT2D eigenvalue weighted by Gasteiger charge is -2.43. The number of rotatable bonds is 2. The molecule has 2 N–H and O–H groups in total. The summed E-state index contributed by atoms with van der Waals surface area (Å²) in [6.07, 6.45) is 6.31. The zero-order valence-corrected chi connectivity index (χ0v) is 14.2. The molecule has 0 unspecified atom stereocenters. The van der Waals surface area contributed by atoms with Gasteiger partial charge in [0, 0.05) is 18.5 Å². The third-order valence-corrected chi connectivity index (χ3v) is 5.88. The molecular weight excluding hydrogens is 302 g/mol. The Hall–Kier alpha value is -1.88. The Labute approximate surface area is 141 Å². The molecule has 1 aromatic carbocycles. The molecule has 3 atom stereocenters. The molecule has 2 heterocycles. The second-order valence-corrected chi connectivity index (χ2v) is 7.52. The molecule has 0 radical (unpaired) electrons. The second-order valence-electron chi connectivity index (χ2n) is 7.52. The van der Waals surface area contributed by atoms with Crippen molar-refractivity contribution >= 4 is 16.9 Å². The number of aliphatic hydroxyl groups is 1. The van der Waals surface area contributed by atoms with Crippen LogP contribution in [0.15, 0.2) is 29.1 Å². The van der Waals surface area contributed by atoms with Crippen LogP contribution >= 0.6 is 0 Å². The molecule has 128 valence electrons. The average Bonchev–Trinajstić information content (AvgIpc) is 3.03. The summed E-state index contributed by atoms with van der Waals surface area (Å²) < 4.78 is 0. The minimum atomic E-state index is -0.622. The third-order valence-electron chi connectivity index (χ3n) is 5.88. The number of para-hydroxylation sites is 1. The van der Waals surface area contributed by atoms with Gasteiger partial charge in [0.1, 0.15) is 0 Å². The topological polar surface area (TPSA) is 69.2 Å². The SMILES string of the molecule is C[C@]1(O)CCCC[C@H]1[C@H]1CCCN1c1nc2ccccc2c(=O)[nH]1. The van der Waals surface area contributed by atoms with E-state index in [1.165, 1.54) is 6.42 Å². The molecule has 0 bridgehead atoms. The predicted octanol–water partition coefficient (Wildman–Crippen LogP) is 2.83. The molecule has 2 aliphatic rings. The number of aromatic amines is 1. The summed E-state index contributed by atoms with van der Waals surface area (Å²) in [4.78, 5) is 22.3. The van der Waals surface area contributed by atoms with Crippen LogP contribution in [0.1, 0.15) is 45.4 Å². The summed E-state index contributed by atoms with van der Waals surface area (Å²) in [6.45, 7) is 2.86. The third kappa shape index (κ3) is 2.61. The first-order valence-electron chi connectivity index (χ1n) is 9.04. The average molecular weight is 327 g/mol. The fourth-order valence-corrected chi connectivity index (χ4v) is 4.63. The van der Waals surface area contributed by atoms with Crippen molar-refractivity contribution in [2.24, 2.45) is 5.92 Å². The normalized spacial score (nSPS) is 30.8. The summed E-state index contributed by atoms with van der Waals surface area (Å²) in [5.41, 5.74) is 0.0248. The van der Waals surface area contributed by atoms with Gasteiger partial charge in [-0.1, -0.05) is 25.0 Å². The lowest BCUT2D eigenvalue weighted by atomic mass is 9.72. The van der Waals surface area contributed by atoms with Gasteiger partial charge in [-0.15, -0.1) is 0 Å². The van der Waals surface area contributed by atoms with E-state index in [4.69, 9.17) is 4.98 Å². The van der Waals surface area contributed by atoms with Crippen molar-refractivity contribution < 1.29 is 5.11 Å². The van der Waals surface area contributed by atoms with E-state index in [0.717, 1.165) is 44.2 Å². The van der Waals surface area contributed by atoms with Crippen molar-refractivity contribution in [1.82, 2.24) is 9.97 Å². The molecule has 0 spiro atoms. The summed E-state index contributed by atoms with van der Waals surface area (Å²) in [6, 6.07) is 7.71. The maximum absolute atomic E-state index is 12.4. The first kappa shape index (κ1) is 15.6. The number of anilines is 1. The number of aromatic nitrogens is 2. The van der Waals surface area contributed by atoms with Gasteiger partial charge >= 0.3 is 0 Å². The van der Waals surface area contributed by atoms with Gasteiger partial charge in [0.05, 0.1) is 16.5 Å². The lowest BCUT2D eigenvalue weighted by Crippen LogP contribution is -2.49. The summed E-state index contributed by atoms with van der Waals surface area (Å²) in [7, 11) is 0. The predicted molar refractivity (Wildman–Crippen MR) is 95.3 cm³/mol. The minimum absolute atomic E-state index is 0.0864. The van der Waals surface area contributed by atoms with Gasteiger partial charge in [0.2, 0.25) is 5.95 Å². The summed E-state index contributed by atoms with van der Waals surface area (Å²) in [5, 5.41) is 11.5. The van der Waals surface area contributed by atoms with Crippen molar-refractivity contribution in [2.75, 3.05) is 11.4 Å². The first-order chi connectivity index (χ1) is 11.6. The van der Waals surface area contributed by atoms with Gasteiger partial charge < -0.3 is 10.0 Å². The van der Waals surface area contributed by atoms with E-state index in [-0.39, 0.29) is 17.5 Å². The molecule has 2 fully saturated rings. The van der Waals surface area contributed by atoms with Crippen LogP contribution in [0.4, 0.5) is 5.95 Å². The van der Waals surface area contributed by atoms with Crippen LogP contribution < -0.4 is 10.5 Å². The van der Waals surface area contributed by atoms with Gasteiger partial charge in [-0.2, -0.15) is 0 Å². The van der Waals surface area contributed by atoms with E-state index < -0.39 is 5.60 Å². The van der Waals surface area contributed by atoms with Crippen LogP contribution in [0.3, 0.4) is 0 Å². The second kappa shape index (κ2) is 5.88. The van der Waals surface area contributed by atoms with Crippen LogP contribution in [0.2, 0.25) is 0 Å². The highest BCUT2D eigenvalue weighted by Crippen LogP contribution is 2.41. The highest BCUT2D eigenvalue weighted by molar-refractivity contribution is 5.78. The Kier molecular flexibility index (Phi) is 3.83. The Morgan fingerprint density at radius 1 is 1.25 bits per heavy atom. The molecule has 24 heavy (non-hydrogen) atoms. The van der Waals surface area contributed by atoms with Crippen molar-refractivity contribution in [1.29, 1.82) is 0 Å². The van der Waals surface area contributed by atoms with E-state index in [0.29, 0.717) is 11.3 Å². The van der Waals surface area contributed by atoms with E-state index in [1.54, 1.807) is 6.07 Å². The molecule has 2 aromatic rings. The fourth-order valence-electron chi connectivity index (χ4n) is 4.63. The van der Waals surface area contributed by atoms with E-state index in [2.05, 4.69) is 9.88 Å². The number of nitrogens with zero attached hydrogens (tertiary/aromatic N) is 2. The monoisotopic (exact) mass is 327 g/mol. The number of nitrogens with one attached hydrogen (secondary N) is 1. The quantitative estimate of drug-likeness (QED) is 0.890. The van der Waals surface area contributed by atoms with Gasteiger partial charge in [0.25, 0.3) is 5.56 Å². The largest absolute Gasteiger partial charge is 0.390 e. The molecule has 1 aliphatic carbocycles. The van der Waals surface area contributed by atoms with Crippen LogP contribution in [0.5, 0.6) is 0 Å². The molecule has 5 nitrogen and oxygen atoms in total. The molecule has 1 saturated heterocycles. The Morgan fingerprint density at radius 2 is 2.08 bits per heavy atom. The molecule has 1 aliphatic heterocycles. The van der Waals surface area contributed by atoms with E-state index >= 15 is 0 Å². The molecular formula is C19H25N3O2. The van der Waals surface area contributed by atoms with Crippen molar-refractivity contribution in [3.05, 3.63) is 34.6 Å². The van der Waals surface area contributed by atoms with Crippen molar-refractivity contribution in [3.8, 4) is 0 Å².